The largest absolute Gasteiger partial charge is 0.385 e. The van der Waals surface area contributed by atoms with Crippen LogP contribution in [0.2, 0.25) is 10.0 Å². The Kier molecular flexibility index (Phi) is 7.75. The van der Waals surface area contributed by atoms with Crippen molar-refractivity contribution >= 4 is 40.5 Å². The maximum absolute atomic E-state index is 12.6. The molecule has 1 aliphatic rings. The van der Waals surface area contributed by atoms with Crippen molar-refractivity contribution in [3.8, 4) is 0 Å². The number of anilines is 1. The second-order valence-electron chi connectivity index (χ2n) is 7.84. The predicted octanol–water partition coefficient (Wildman–Crippen LogP) is 5.47. The lowest BCUT2D eigenvalue weighted by Crippen LogP contribution is -2.34. The number of hydrogen-bond acceptors (Lipinski definition) is 4. The lowest BCUT2D eigenvalue weighted by atomic mass is 9.78. The fourth-order valence-electron chi connectivity index (χ4n) is 3.74. The molecule has 7 heteroatoms. The SMILES string of the molecule is COCCCCC1(C)CN(CC(=O)Nc2ccc(Cl)cc2)N=C1c1ccc(Cl)cc1. The van der Waals surface area contributed by atoms with Crippen LogP contribution in [0.4, 0.5) is 5.69 Å². The second-order valence-corrected chi connectivity index (χ2v) is 8.72. The third-order valence-corrected chi connectivity index (χ3v) is 5.75. The lowest BCUT2D eigenvalue weighted by Gasteiger charge is -2.27. The molecule has 0 bridgehead atoms. The van der Waals surface area contributed by atoms with Crippen LogP contribution in [0.25, 0.3) is 0 Å². The Hall–Kier alpha value is -2.08. The van der Waals surface area contributed by atoms with Crippen LogP contribution < -0.4 is 5.32 Å². The zero-order chi connectivity index (χ0) is 21.6. The number of methoxy groups -OCH3 is 1. The minimum Gasteiger partial charge on any atom is -0.385 e. The van der Waals surface area contributed by atoms with Gasteiger partial charge in [0.2, 0.25) is 5.91 Å². The van der Waals surface area contributed by atoms with Gasteiger partial charge in [0.25, 0.3) is 0 Å². The fraction of sp³-hybridized carbons (Fsp3) is 0.391. The van der Waals surface area contributed by atoms with Gasteiger partial charge in [-0.15, -0.1) is 0 Å². The van der Waals surface area contributed by atoms with Crippen LogP contribution in [0.15, 0.2) is 53.6 Å². The van der Waals surface area contributed by atoms with Crippen LogP contribution in [0, 0.1) is 5.41 Å². The van der Waals surface area contributed by atoms with Crippen molar-refractivity contribution in [2.75, 3.05) is 32.1 Å². The van der Waals surface area contributed by atoms with E-state index in [9.17, 15) is 4.79 Å². The van der Waals surface area contributed by atoms with E-state index >= 15 is 0 Å². The highest BCUT2D eigenvalue weighted by Gasteiger charge is 2.39. The Morgan fingerprint density at radius 3 is 2.37 bits per heavy atom. The standard InChI is InChI=1S/C23H27Cl2N3O2/c1-23(13-3-4-14-30-2)16-28(27-22(23)17-5-7-18(24)8-6-17)15-21(29)26-20-11-9-19(25)10-12-20/h5-12H,3-4,13-16H2,1-2H3,(H,26,29). The molecule has 0 saturated heterocycles. The highest BCUT2D eigenvalue weighted by molar-refractivity contribution is 6.31. The van der Waals surface area contributed by atoms with Gasteiger partial charge in [-0.3, -0.25) is 9.80 Å². The van der Waals surface area contributed by atoms with Crippen LogP contribution in [-0.4, -0.2) is 43.4 Å². The molecular weight excluding hydrogens is 421 g/mol. The molecule has 0 radical (unpaired) electrons. The van der Waals surface area contributed by atoms with Crippen LogP contribution in [0.3, 0.4) is 0 Å². The first kappa shape index (κ1) is 22.6. The van der Waals surface area contributed by atoms with E-state index < -0.39 is 0 Å². The Balaban J connectivity index is 1.72. The molecule has 0 aliphatic carbocycles. The molecule has 1 N–H and O–H groups in total. The number of hydrazone groups is 1. The van der Waals surface area contributed by atoms with Crippen molar-refractivity contribution in [3.05, 3.63) is 64.1 Å². The molecule has 1 atom stereocenters. The van der Waals surface area contributed by atoms with Gasteiger partial charge in [-0.1, -0.05) is 48.7 Å². The van der Waals surface area contributed by atoms with Crippen molar-refractivity contribution in [2.45, 2.75) is 26.2 Å². The Morgan fingerprint density at radius 1 is 1.10 bits per heavy atom. The van der Waals surface area contributed by atoms with Crippen LogP contribution in [0.1, 0.15) is 31.7 Å². The minimum absolute atomic E-state index is 0.111. The summed E-state index contributed by atoms with van der Waals surface area (Å²) < 4.78 is 5.19. The number of benzene rings is 2. The maximum Gasteiger partial charge on any atom is 0.245 e. The molecule has 5 nitrogen and oxygen atoms in total. The summed E-state index contributed by atoms with van der Waals surface area (Å²) in [5.74, 6) is -0.111. The van der Waals surface area contributed by atoms with E-state index in [0.717, 1.165) is 37.1 Å². The van der Waals surface area contributed by atoms with Crippen LogP contribution >= 0.6 is 23.2 Å². The summed E-state index contributed by atoms with van der Waals surface area (Å²) in [5, 5.41) is 10.9. The van der Waals surface area contributed by atoms with E-state index in [2.05, 4.69) is 12.2 Å². The van der Waals surface area contributed by atoms with E-state index in [1.54, 1.807) is 31.4 Å². The third kappa shape index (κ3) is 5.97. The summed E-state index contributed by atoms with van der Waals surface area (Å²) in [7, 11) is 1.72. The molecule has 1 heterocycles. The maximum atomic E-state index is 12.6. The molecule has 1 amide bonds. The van der Waals surface area contributed by atoms with Crippen molar-refractivity contribution in [1.82, 2.24) is 5.01 Å². The average molecular weight is 448 g/mol. The van der Waals surface area contributed by atoms with E-state index in [1.165, 1.54) is 0 Å². The number of ether oxygens (including phenoxy) is 1. The van der Waals surface area contributed by atoms with Gasteiger partial charge in [0, 0.05) is 41.4 Å². The molecule has 0 aromatic heterocycles. The third-order valence-electron chi connectivity index (χ3n) is 5.24. The smallest absolute Gasteiger partial charge is 0.245 e. The molecule has 0 saturated carbocycles. The number of amides is 1. The van der Waals surface area contributed by atoms with Gasteiger partial charge in [0.15, 0.2) is 0 Å². The molecule has 2 aromatic carbocycles. The molecule has 30 heavy (non-hydrogen) atoms. The second kappa shape index (κ2) is 10.3. The van der Waals surface area contributed by atoms with Gasteiger partial charge in [-0.25, -0.2) is 0 Å². The summed E-state index contributed by atoms with van der Waals surface area (Å²) >= 11 is 12.0. The van der Waals surface area contributed by atoms with E-state index in [-0.39, 0.29) is 17.9 Å². The Morgan fingerprint density at radius 2 is 1.73 bits per heavy atom. The number of hydrogen-bond donors (Lipinski definition) is 1. The van der Waals surface area contributed by atoms with Gasteiger partial charge < -0.3 is 10.1 Å². The van der Waals surface area contributed by atoms with Gasteiger partial charge in [0.05, 0.1) is 5.71 Å². The predicted molar refractivity (Wildman–Crippen MR) is 123 cm³/mol. The number of unbranched alkanes of at least 4 members (excludes halogenated alkanes) is 1. The minimum atomic E-state index is -0.151. The van der Waals surface area contributed by atoms with Crippen LogP contribution in [0.5, 0.6) is 0 Å². The molecular formula is C23H27Cl2N3O2. The number of carbonyl (C=O) groups excluding carboxylic acids is 1. The molecule has 0 fully saturated rings. The number of carbonyl (C=O) groups is 1. The van der Waals surface area contributed by atoms with Crippen LogP contribution in [-0.2, 0) is 9.53 Å². The monoisotopic (exact) mass is 447 g/mol. The number of nitrogens with one attached hydrogen (secondary N) is 1. The molecule has 1 unspecified atom stereocenters. The van der Waals surface area contributed by atoms with E-state index in [0.29, 0.717) is 22.3 Å². The number of rotatable bonds is 9. The topological polar surface area (TPSA) is 53.9 Å². The first-order chi connectivity index (χ1) is 14.4. The quantitative estimate of drug-likeness (QED) is 0.518. The first-order valence-electron chi connectivity index (χ1n) is 10.0. The Bertz CT molecular complexity index is 884. The summed E-state index contributed by atoms with van der Waals surface area (Å²) in [6.07, 6.45) is 2.99. The normalized spacial score (nSPS) is 18.4. The van der Waals surface area contributed by atoms with Gasteiger partial charge >= 0.3 is 0 Å². The molecule has 3 rings (SSSR count). The van der Waals surface area contributed by atoms with E-state index in [4.69, 9.17) is 33.0 Å². The number of nitrogens with zero attached hydrogens (tertiary/aromatic N) is 2. The van der Waals surface area contributed by atoms with Crippen molar-refractivity contribution < 1.29 is 9.53 Å². The summed E-state index contributed by atoms with van der Waals surface area (Å²) in [6, 6.07) is 14.8. The van der Waals surface area contributed by atoms with Gasteiger partial charge in [0.1, 0.15) is 6.54 Å². The highest BCUT2D eigenvalue weighted by atomic mass is 35.5. The average Bonchev–Trinajstić information content (AvgIpc) is 3.04. The first-order valence-corrected chi connectivity index (χ1v) is 10.8. The summed E-state index contributed by atoms with van der Waals surface area (Å²) in [6.45, 7) is 3.83. The highest BCUT2D eigenvalue weighted by Crippen LogP contribution is 2.36. The lowest BCUT2D eigenvalue weighted by molar-refractivity contribution is -0.117. The molecule has 160 valence electrons. The van der Waals surface area contributed by atoms with Crippen molar-refractivity contribution in [2.24, 2.45) is 10.5 Å². The molecule has 2 aromatic rings. The van der Waals surface area contributed by atoms with Gasteiger partial charge in [-0.05, 0) is 54.8 Å². The summed E-state index contributed by atoms with van der Waals surface area (Å²) in [5.41, 5.74) is 2.60. The zero-order valence-electron chi connectivity index (χ0n) is 17.3. The van der Waals surface area contributed by atoms with E-state index in [1.807, 2.05) is 29.3 Å². The van der Waals surface area contributed by atoms with Crippen molar-refractivity contribution in [3.63, 3.8) is 0 Å². The zero-order valence-corrected chi connectivity index (χ0v) is 18.8. The Labute approximate surface area is 188 Å². The fourth-order valence-corrected chi connectivity index (χ4v) is 3.99. The van der Waals surface area contributed by atoms with Crippen molar-refractivity contribution in [1.29, 1.82) is 0 Å². The molecule has 0 spiro atoms. The van der Waals surface area contributed by atoms with Gasteiger partial charge in [-0.2, -0.15) is 5.10 Å². The number of halogens is 2. The summed E-state index contributed by atoms with van der Waals surface area (Å²) in [4.78, 5) is 12.6. The molecule has 1 aliphatic heterocycles.